The number of fused-ring (bicyclic) bond motifs is 2. The fraction of sp³-hybridized carbons (Fsp3) is 0.250. The zero-order valence-electron chi connectivity index (χ0n) is 17.1. The Balaban J connectivity index is 1.73. The molecule has 1 N–H and O–H groups in total. The van der Waals surface area contributed by atoms with Gasteiger partial charge in [-0.05, 0) is 55.1 Å². The van der Waals surface area contributed by atoms with E-state index in [9.17, 15) is 9.59 Å². The first-order valence-electron chi connectivity index (χ1n) is 10.0. The highest BCUT2D eigenvalue weighted by Crippen LogP contribution is 2.56. The molecule has 158 valence electrons. The van der Waals surface area contributed by atoms with Crippen LogP contribution in [0.15, 0.2) is 65.3 Å². The Hall–Kier alpha value is -3.09. The molecule has 1 fully saturated rings. The third-order valence-corrected chi connectivity index (χ3v) is 6.75. The number of anilines is 1. The van der Waals surface area contributed by atoms with Gasteiger partial charge in [-0.15, -0.1) is 0 Å². The van der Waals surface area contributed by atoms with Crippen LogP contribution in [0.5, 0.6) is 5.75 Å². The van der Waals surface area contributed by atoms with Crippen LogP contribution in [0.1, 0.15) is 27.6 Å². The van der Waals surface area contributed by atoms with Gasteiger partial charge in [0, 0.05) is 28.7 Å². The summed E-state index contributed by atoms with van der Waals surface area (Å²) in [5.74, 6) is -0.495. The third-order valence-electron chi connectivity index (χ3n) is 6.50. The van der Waals surface area contributed by atoms with Gasteiger partial charge in [0.05, 0.1) is 19.3 Å². The number of carbonyl (C=O) groups is 2. The molecule has 0 unspecified atom stereocenters. The quantitative estimate of drug-likeness (QED) is 0.617. The standard InChI is InChI=1S/C24H21ClN2O4/c1-27-13-17(14-5-7-15(25)8-6-14)21(22(28)20-4-3-11-31-20)24(27)18-12-16(30-2)9-10-19(18)26-23(24)29/h3-12,17,21H,13H2,1-2H3,(H,26,29)/t17-,21-,24+/m0/s1. The largest absolute Gasteiger partial charge is 0.497 e. The van der Waals surface area contributed by atoms with E-state index in [0.29, 0.717) is 23.0 Å². The van der Waals surface area contributed by atoms with Crippen molar-refractivity contribution < 1.29 is 18.7 Å². The van der Waals surface area contributed by atoms with Crippen molar-refractivity contribution in [2.45, 2.75) is 11.5 Å². The molecular weight excluding hydrogens is 416 g/mol. The smallest absolute Gasteiger partial charge is 0.250 e. The van der Waals surface area contributed by atoms with Gasteiger partial charge in [0.25, 0.3) is 0 Å². The van der Waals surface area contributed by atoms with E-state index in [1.807, 2.05) is 48.3 Å². The lowest BCUT2D eigenvalue weighted by atomic mass is 9.71. The number of likely N-dealkylation sites (N-methyl/N-ethyl adjacent to an activating group) is 1. The highest BCUT2D eigenvalue weighted by atomic mass is 35.5. The summed E-state index contributed by atoms with van der Waals surface area (Å²) in [7, 11) is 3.46. The van der Waals surface area contributed by atoms with Gasteiger partial charge in [0.1, 0.15) is 11.3 Å². The van der Waals surface area contributed by atoms with Crippen molar-refractivity contribution in [1.82, 2.24) is 4.90 Å². The number of nitrogens with zero attached hydrogens (tertiary/aromatic N) is 1. The highest BCUT2D eigenvalue weighted by Gasteiger charge is 2.64. The number of likely N-dealkylation sites (tertiary alicyclic amines) is 1. The van der Waals surface area contributed by atoms with Crippen molar-refractivity contribution >= 4 is 29.0 Å². The molecule has 0 radical (unpaired) electrons. The van der Waals surface area contributed by atoms with Crippen LogP contribution in [0.25, 0.3) is 0 Å². The molecule has 3 aromatic rings. The van der Waals surface area contributed by atoms with Crippen molar-refractivity contribution in [3.63, 3.8) is 0 Å². The van der Waals surface area contributed by atoms with Crippen molar-refractivity contribution in [3.8, 4) is 5.75 Å². The maximum atomic E-state index is 13.8. The van der Waals surface area contributed by atoms with E-state index in [-0.39, 0.29) is 23.4 Å². The predicted octanol–water partition coefficient (Wildman–Crippen LogP) is 4.32. The Morgan fingerprint density at radius 3 is 2.68 bits per heavy atom. The zero-order valence-corrected chi connectivity index (χ0v) is 17.8. The number of hydrogen-bond acceptors (Lipinski definition) is 5. The van der Waals surface area contributed by atoms with Gasteiger partial charge in [0.2, 0.25) is 11.7 Å². The summed E-state index contributed by atoms with van der Waals surface area (Å²) in [6.07, 6.45) is 1.47. The molecule has 2 aromatic carbocycles. The summed E-state index contributed by atoms with van der Waals surface area (Å²) >= 11 is 6.10. The van der Waals surface area contributed by atoms with Crippen molar-refractivity contribution in [2.75, 3.05) is 26.0 Å². The maximum Gasteiger partial charge on any atom is 0.250 e. The lowest BCUT2D eigenvalue weighted by Crippen LogP contribution is -2.51. The SMILES string of the molecule is COc1ccc2c(c1)[C@]1(C(=O)N2)[C@H](C(=O)c2ccco2)[C@H](c2ccc(Cl)cc2)CN1C. The first-order valence-corrected chi connectivity index (χ1v) is 10.4. The predicted molar refractivity (Wildman–Crippen MR) is 117 cm³/mol. The molecule has 0 bridgehead atoms. The number of methoxy groups -OCH3 is 1. The topological polar surface area (TPSA) is 71.8 Å². The number of carbonyl (C=O) groups excluding carboxylic acids is 2. The Morgan fingerprint density at radius 1 is 1.23 bits per heavy atom. The highest BCUT2D eigenvalue weighted by molar-refractivity contribution is 6.30. The summed E-state index contributed by atoms with van der Waals surface area (Å²) in [5, 5.41) is 3.60. The van der Waals surface area contributed by atoms with E-state index in [2.05, 4.69) is 5.32 Å². The molecule has 6 nitrogen and oxygen atoms in total. The first kappa shape index (κ1) is 19.8. The molecule has 0 saturated carbocycles. The molecule has 1 amide bonds. The Labute approximate surface area is 184 Å². The molecule has 31 heavy (non-hydrogen) atoms. The molecular formula is C24H21ClN2O4. The van der Waals surface area contributed by atoms with Crippen LogP contribution < -0.4 is 10.1 Å². The molecule has 3 atom stereocenters. The van der Waals surface area contributed by atoms with Gasteiger partial charge in [-0.1, -0.05) is 23.7 Å². The number of ketones is 1. The summed E-state index contributed by atoms with van der Waals surface area (Å²) < 4.78 is 10.9. The third kappa shape index (κ3) is 2.82. The summed E-state index contributed by atoms with van der Waals surface area (Å²) in [6.45, 7) is 0.517. The number of nitrogens with one attached hydrogen (secondary N) is 1. The molecule has 7 heteroatoms. The van der Waals surface area contributed by atoms with Crippen LogP contribution >= 0.6 is 11.6 Å². The number of halogens is 1. The lowest BCUT2D eigenvalue weighted by molar-refractivity contribution is -0.126. The average Bonchev–Trinajstić information content (AvgIpc) is 3.47. The second-order valence-electron chi connectivity index (χ2n) is 7.99. The van der Waals surface area contributed by atoms with E-state index in [4.69, 9.17) is 20.8 Å². The minimum Gasteiger partial charge on any atom is -0.497 e. The minimum atomic E-state index is -1.18. The van der Waals surface area contributed by atoms with Crippen molar-refractivity contribution in [1.29, 1.82) is 0 Å². The Kier molecular flexibility index (Phi) is 4.64. The molecule has 1 saturated heterocycles. The molecule has 2 aliphatic heterocycles. The first-order chi connectivity index (χ1) is 15.0. The Morgan fingerprint density at radius 2 is 2.00 bits per heavy atom. The second kappa shape index (κ2) is 7.25. The average molecular weight is 437 g/mol. The fourth-order valence-electron chi connectivity index (χ4n) is 5.13. The summed E-state index contributed by atoms with van der Waals surface area (Å²) in [5.41, 5.74) is 1.19. The van der Waals surface area contributed by atoms with Crippen LogP contribution in [0.2, 0.25) is 5.02 Å². The van der Waals surface area contributed by atoms with Gasteiger partial charge in [-0.3, -0.25) is 14.5 Å². The van der Waals surface area contributed by atoms with E-state index in [0.717, 1.165) is 11.1 Å². The van der Waals surface area contributed by atoms with Gasteiger partial charge < -0.3 is 14.5 Å². The van der Waals surface area contributed by atoms with Crippen LogP contribution in [0, 0.1) is 5.92 Å². The number of furan rings is 1. The van der Waals surface area contributed by atoms with E-state index < -0.39 is 11.5 Å². The maximum absolute atomic E-state index is 13.8. The van der Waals surface area contributed by atoms with Crippen molar-refractivity contribution in [2.24, 2.45) is 5.92 Å². The molecule has 0 aliphatic carbocycles. The number of ether oxygens (including phenoxy) is 1. The van der Waals surface area contributed by atoms with Crippen molar-refractivity contribution in [3.05, 3.63) is 82.8 Å². The van der Waals surface area contributed by atoms with Crippen LogP contribution in [-0.2, 0) is 10.3 Å². The summed E-state index contributed by atoms with van der Waals surface area (Å²) in [6, 6.07) is 16.2. The number of hydrogen-bond donors (Lipinski definition) is 1. The second-order valence-corrected chi connectivity index (χ2v) is 8.43. The van der Waals surface area contributed by atoms with Gasteiger partial charge in [0.15, 0.2) is 5.76 Å². The Bertz CT molecular complexity index is 1160. The van der Waals surface area contributed by atoms with Gasteiger partial charge >= 0.3 is 0 Å². The van der Waals surface area contributed by atoms with Crippen LogP contribution in [-0.4, -0.2) is 37.3 Å². The van der Waals surface area contributed by atoms with Crippen LogP contribution in [0.4, 0.5) is 5.69 Å². The number of rotatable bonds is 4. The molecule has 5 rings (SSSR count). The van der Waals surface area contributed by atoms with Gasteiger partial charge in [-0.25, -0.2) is 0 Å². The van der Waals surface area contributed by atoms with E-state index in [1.54, 1.807) is 25.3 Å². The van der Waals surface area contributed by atoms with E-state index >= 15 is 0 Å². The van der Waals surface area contributed by atoms with Gasteiger partial charge in [-0.2, -0.15) is 0 Å². The number of Topliss-reactive ketones (excluding diaryl/α,β-unsaturated/α-hetero) is 1. The number of amides is 1. The molecule has 1 aromatic heterocycles. The monoisotopic (exact) mass is 436 g/mol. The zero-order chi connectivity index (χ0) is 21.8. The summed E-state index contributed by atoms with van der Waals surface area (Å²) in [4.78, 5) is 29.4. The fourth-order valence-corrected chi connectivity index (χ4v) is 5.25. The normalized spacial score (nSPS) is 24.9. The lowest BCUT2D eigenvalue weighted by Gasteiger charge is -2.35. The molecule has 2 aliphatic rings. The number of benzene rings is 2. The molecule has 1 spiro atoms. The van der Waals surface area contributed by atoms with E-state index in [1.165, 1.54) is 6.26 Å². The molecule has 3 heterocycles. The minimum absolute atomic E-state index is 0.208. The van der Waals surface area contributed by atoms with Crippen LogP contribution in [0.3, 0.4) is 0 Å².